The fourth-order valence-electron chi connectivity index (χ4n) is 8.62. The predicted molar refractivity (Wildman–Crippen MR) is 213 cm³/mol. The highest BCUT2D eigenvalue weighted by Gasteiger charge is 2.35. The molecule has 9 aromatic rings. The number of nitrogens with zero attached hydrogens (tertiary/aromatic N) is 3. The van der Waals surface area contributed by atoms with Crippen molar-refractivity contribution in [3.05, 3.63) is 180 Å². The molecule has 240 valence electrons. The second-order valence-corrected chi connectivity index (χ2v) is 14.1. The summed E-state index contributed by atoms with van der Waals surface area (Å²) in [5.41, 5.74) is 12.4. The average molecular weight is 652 g/mol. The van der Waals surface area contributed by atoms with E-state index >= 15 is 0 Å². The summed E-state index contributed by atoms with van der Waals surface area (Å²) in [6, 6.07) is 61.1. The Balaban J connectivity index is 1.28. The molecule has 8 aromatic carbocycles. The molecule has 0 unspecified atom stereocenters. The molecule has 10 rings (SSSR count). The molecule has 51 heavy (non-hydrogen) atoms. The molecule has 0 N–H and O–H groups in total. The number of benzene rings is 8. The normalized spacial score (nSPS) is 13.0. The van der Waals surface area contributed by atoms with Crippen LogP contribution in [0.4, 0.5) is 17.1 Å². The van der Waals surface area contributed by atoms with Crippen LogP contribution >= 0.6 is 0 Å². The van der Waals surface area contributed by atoms with E-state index < -0.39 is 0 Å². The molecule has 1 aromatic heterocycles. The van der Waals surface area contributed by atoms with E-state index in [4.69, 9.17) is 0 Å². The van der Waals surface area contributed by atoms with Crippen LogP contribution in [0.2, 0.25) is 0 Å². The summed E-state index contributed by atoms with van der Waals surface area (Å²) in [6.07, 6.45) is 0. The zero-order valence-corrected chi connectivity index (χ0v) is 28.4. The van der Waals surface area contributed by atoms with Crippen molar-refractivity contribution in [3.63, 3.8) is 0 Å². The van der Waals surface area contributed by atoms with Crippen LogP contribution in [0.5, 0.6) is 0 Å². The Labute approximate surface area is 296 Å². The van der Waals surface area contributed by atoms with Gasteiger partial charge in [-0.15, -0.1) is 0 Å². The van der Waals surface area contributed by atoms with E-state index in [9.17, 15) is 5.26 Å². The van der Waals surface area contributed by atoms with Gasteiger partial charge in [0.15, 0.2) is 0 Å². The number of aromatic nitrogens is 1. The fourth-order valence-corrected chi connectivity index (χ4v) is 8.62. The van der Waals surface area contributed by atoms with Crippen molar-refractivity contribution in [2.24, 2.45) is 0 Å². The lowest BCUT2D eigenvalue weighted by molar-refractivity contribution is 0.660. The van der Waals surface area contributed by atoms with Crippen molar-refractivity contribution in [1.82, 2.24) is 4.57 Å². The first kappa shape index (κ1) is 29.3. The van der Waals surface area contributed by atoms with E-state index in [-0.39, 0.29) is 5.41 Å². The summed E-state index contributed by atoms with van der Waals surface area (Å²) < 4.78 is 2.43. The van der Waals surface area contributed by atoms with Crippen molar-refractivity contribution in [2.75, 3.05) is 4.90 Å². The first-order valence-electron chi connectivity index (χ1n) is 17.5. The summed E-state index contributed by atoms with van der Waals surface area (Å²) in [5.74, 6) is 0. The number of nitriles is 1. The maximum Gasteiger partial charge on any atom is 0.0991 e. The molecule has 0 radical (unpaired) electrons. The second kappa shape index (κ2) is 10.9. The number of hydrogen-bond donors (Lipinski definition) is 0. The van der Waals surface area contributed by atoms with Gasteiger partial charge >= 0.3 is 0 Å². The monoisotopic (exact) mass is 651 g/mol. The Hall–Kier alpha value is -6.63. The molecule has 1 heterocycles. The van der Waals surface area contributed by atoms with Gasteiger partial charge in [-0.3, -0.25) is 0 Å². The lowest BCUT2D eigenvalue weighted by atomic mass is 9.82. The molecule has 0 amide bonds. The van der Waals surface area contributed by atoms with Gasteiger partial charge in [0.25, 0.3) is 0 Å². The van der Waals surface area contributed by atoms with Gasteiger partial charge in [0, 0.05) is 44.3 Å². The van der Waals surface area contributed by atoms with Crippen LogP contribution in [0.3, 0.4) is 0 Å². The standard InChI is InChI=1S/C48H33N3/c1-48(2)43-19-11-10-16-38(43)39-26-24-35(29-44(39)48)50(33-22-20-31(30-49)21-23-33)34-25-27-45-42(28-34)46-40-17-8-6-14-36(40)37-15-7-9-18-41(37)47(46)51(45)32-12-4-3-5-13-32/h3-29H,1-2H3. The molecular formula is C48H33N3. The molecule has 3 nitrogen and oxygen atoms in total. The quantitative estimate of drug-likeness (QED) is 0.177. The van der Waals surface area contributed by atoms with Crippen LogP contribution < -0.4 is 4.90 Å². The number of anilines is 3. The largest absolute Gasteiger partial charge is 0.310 e. The van der Waals surface area contributed by atoms with Crippen molar-refractivity contribution >= 4 is 60.4 Å². The van der Waals surface area contributed by atoms with Crippen LogP contribution in [-0.2, 0) is 5.41 Å². The molecule has 0 saturated heterocycles. The third-order valence-electron chi connectivity index (χ3n) is 11.0. The van der Waals surface area contributed by atoms with Gasteiger partial charge in [0.05, 0.1) is 22.7 Å². The van der Waals surface area contributed by atoms with E-state index in [1.165, 1.54) is 60.1 Å². The van der Waals surface area contributed by atoms with E-state index in [1.54, 1.807) is 0 Å². The van der Waals surface area contributed by atoms with E-state index in [1.807, 2.05) is 12.1 Å². The fraction of sp³-hybridized carbons (Fsp3) is 0.0625. The topological polar surface area (TPSA) is 32.0 Å². The minimum absolute atomic E-state index is 0.134. The number of hydrogen-bond acceptors (Lipinski definition) is 2. The second-order valence-electron chi connectivity index (χ2n) is 14.1. The molecule has 0 aliphatic heterocycles. The Kier molecular flexibility index (Phi) is 6.28. The molecule has 1 aliphatic carbocycles. The van der Waals surface area contributed by atoms with Gasteiger partial charge in [-0.05, 0) is 105 Å². The Bertz CT molecular complexity index is 2890. The number of fused-ring (bicyclic) bond motifs is 11. The van der Waals surface area contributed by atoms with Crippen molar-refractivity contribution < 1.29 is 0 Å². The Morgan fingerprint density at radius 3 is 1.86 bits per heavy atom. The third kappa shape index (κ3) is 4.24. The number of para-hydroxylation sites is 1. The molecule has 0 spiro atoms. The Morgan fingerprint density at radius 1 is 0.510 bits per heavy atom. The highest BCUT2D eigenvalue weighted by Crippen LogP contribution is 2.51. The summed E-state index contributed by atoms with van der Waals surface area (Å²) >= 11 is 0. The molecule has 0 atom stereocenters. The average Bonchev–Trinajstić information content (AvgIpc) is 3.65. The van der Waals surface area contributed by atoms with Gasteiger partial charge < -0.3 is 9.47 Å². The van der Waals surface area contributed by atoms with Crippen LogP contribution in [0.25, 0.3) is 60.2 Å². The van der Waals surface area contributed by atoms with Crippen LogP contribution in [0.1, 0.15) is 30.5 Å². The lowest BCUT2D eigenvalue weighted by Crippen LogP contribution is -2.16. The molecule has 0 fully saturated rings. The van der Waals surface area contributed by atoms with Crippen LogP contribution in [0.15, 0.2) is 164 Å². The van der Waals surface area contributed by atoms with Crippen LogP contribution in [0, 0.1) is 11.3 Å². The van der Waals surface area contributed by atoms with E-state index in [2.05, 4.69) is 181 Å². The molecule has 0 bridgehead atoms. The van der Waals surface area contributed by atoms with Gasteiger partial charge in [-0.1, -0.05) is 111 Å². The highest BCUT2D eigenvalue weighted by atomic mass is 15.1. The zero-order valence-electron chi connectivity index (χ0n) is 28.4. The number of rotatable bonds is 4. The summed E-state index contributed by atoms with van der Waals surface area (Å²) in [6.45, 7) is 4.65. The van der Waals surface area contributed by atoms with Crippen molar-refractivity contribution in [2.45, 2.75) is 19.3 Å². The van der Waals surface area contributed by atoms with Crippen LogP contribution in [-0.4, -0.2) is 4.57 Å². The minimum Gasteiger partial charge on any atom is -0.310 e. The molecular weight excluding hydrogens is 619 g/mol. The van der Waals surface area contributed by atoms with E-state index in [0.717, 1.165) is 28.3 Å². The maximum absolute atomic E-state index is 9.66. The lowest BCUT2D eigenvalue weighted by Gasteiger charge is -2.28. The molecule has 0 saturated carbocycles. The van der Waals surface area contributed by atoms with Crippen molar-refractivity contribution in [3.8, 4) is 22.9 Å². The Morgan fingerprint density at radius 2 is 1.10 bits per heavy atom. The highest BCUT2D eigenvalue weighted by molar-refractivity contribution is 6.32. The minimum atomic E-state index is -0.134. The summed E-state index contributed by atoms with van der Waals surface area (Å²) in [5, 5.41) is 17.1. The third-order valence-corrected chi connectivity index (χ3v) is 11.0. The SMILES string of the molecule is CC1(C)c2ccccc2-c2ccc(N(c3ccc(C#N)cc3)c3ccc4c(c3)c3c5ccccc5c5ccccc5c3n4-c3ccccc3)cc21. The summed E-state index contributed by atoms with van der Waals surface area (Å²) in [4.78, 5) is 2.34. The zero-order chi connectivity index (χ0) is 34.3. The first-order chi connectivity index (χ1) is 25.0. The first-order valence-corrected chi connectivity index (χ1v) is 17.5. The van der Waals surface area contributed by atoms with Gasteiger partial charge in [0.1, 0.15) is 0 Å². The smallest absolute Gasteiger partial charge is 0.0991 e. The molecule has 1 aliphatic rings. The van der Waals surface area contributed by atoms with E-state index in [0.29, 0.717) is 5.56 Å². The maximum atomic E-state index is 9.66. The summed E-state index contributed by atoms with van der Waals surface area (Å²) in [7, 11) is 0. The van der Waals surface area contributed by atoms with Gasteiger partial charge in [-0.25, -0.2) is 0 Å². The van der Waals surface area contributed by atoms with Gasteiger partial charge in [-0.2, -0.15) is 5.26 Å². The van der Waals surface area contributed by atoms with Gasteiger partial charge in [0.2, 0.25) is 0 Å². The molecule has 3 heteroatoms. The van der Waals surface area contributed by atoms with Crippen molar-refractivity contribution in [1.29, 1.82) is 5.26 Å². The predicted octanol–water partition coefficient (Wildman–Crippen LogP) is 12.7.